The third-order valence-electron chi connectivity index (χ3n) is 6.29. The molecular formula is C24H28N4O3. The molecule has 0 spiro atoms. The van der Waals surface area contributed by atoms with E-state index in [1.807, 2.05) is 52.2 Å². The lowest BCUT2D eigenvalue weighted by Gasteiger charge is -2.22. The van der Waals surface area contributed by atoms with Gasteiger partial charge in [0.1, 0.15) is 5.69 Å². The quantitative estimate of drug-likeness (QED) is 0.649. The maximum Gasteiger partial charge on any atom is 0.282 e. The number of para-hydroxylation sites is 1. The van der Waals surface area contributed by atoms with Gasteiger partial charge in [-0.05, 0) is 37.8 Å². The van der Waals surface area contributed by atoms with E-state index in [2.05, 4.69) is 5.10 Å². The molecule has 7 heteroatoms. The van der Waals surface area contributed by atoms with E-state index in [0.29, 0.717) is 29.1 Å². The maximum atomic E-state index is 13.5. The molecule has 31 heavy (non-hydrogen) atoms. The number of carbonyl (C=O) groups excluding carboxylic acids is 1. The third kappa shape index (κ3) is 4.02. The molecule has 0 N–H and O–H groups in total. The van der Waals surface area contributed by atoms with Gasteiger partial charge in [0.05, 0.1) is 22.9 Å². The van der Waals surface area contributed by atoms with Gasteiger partial charge < -0.3 is 14.2 Å². The number of fused-ring (bicyclic) bond motifs is 1. The second-order valence-electron chi connectivity index (χ2n) is 8.52. The minimum Gasteiger partial charge on any atom is -0.376 e. The Labute approximate surface area is 181 Å². The van der Waals surface area contributed by atoms with E-state index < -0.39 is 0 Å². The lowest BCUT2D eigenvalue weighted by molar-refractivity contribution is 0.0758. The summed E-state index contributed by atoms with van der Waals surface area (Å²) in [4.78, 5) is 28.7. The van der Waals surface area contributed by atoms with E-state index in [-0.39, 0.29) is 17.6 Å². The number of ether oxygens (including phenoxy) is 1. The zero-order chi connectivity index (χ0) is 21.2. The predicted octanol–water partition coefficient (Wildman–Crippen LogP) is 3.33. The van der Waals surface area contributed by atoms with Gasteiger partial charge >= 0.3 is 0 Å². The monoisotopic (exact) mass is 420 g/mol. The normalized spacial score (nSPS) is 19.6. The number of hydrogen-bond donors (Lipinski definition) is 0. The number of rotatable bonds is 4. The molecular weight excluding hydrogens is 392 g/mol. The number of likely N-dealkylation sites (tertiary alicyclic amines) is 1. The molecule has 2 fully saturated rings. The summed E-state index contributed by atoms with van der Waals surface area (Å²) in [6.07, 6.45) is 10.2. The molecule has 2 saturated heterocycles. The molecule has 4 aliphatic rings. The van der Waals surface area contributed by atoms with Gasteiger partial charge in [-0.3, -0.25) is 9.59 Å². The van der Waals surface area contributed by atoms with Crippen molar-refractivity contribution in [2.24, 2.45) is 0 Å². The Bertz CT molecular complexity index is 1070. The van der Waals surface area contributed by atoms with Crippen molar-refractivity contribution in [1.29, 1.82) is 0 Å². The molecule has 0 bridgehead atoms. The largest absolute Gasteiger partial charge is 0.376 e. The summed E-state index contributed by atoms with van der Waals surface area (Å²) in [5.41, 5.74) is 1.95. The van der Waals surface area contributed by atoms with Crippen molar-refractivity contribution in [3.63, 3.8) is 0 Å². The van der Waals surface area contributed by atoms with Crippen LogP contribution in [-0.2, 0) is 11.3 Å². The van der Waals surface area contributed by atoms with Crippen LogP contribution in [0.2, 0.25) is 0 Å². The number of amides is 1. The zero-order valence-electron chi connectivity index (χ0n) is 17.7. The molecule has 1 amide bonds. The van der Waals surface area contributed by atoms with Crippen molar-refractivity contribution >= 4 is 5.91 Å². The smallest absolute Gasteiger partial charge is 0.282 e. The fourth-order valence-corrected chi connectivity index (χ4v) is 4.63. The molecule has 0 saturated carbocycles. The van der Waals surface area contributed by atoms with Gasteiger partial charge in [0.25, 0.3) is 11.5 Å². The van der Waals surface area contributed by atoms with Crippen LogP contribution < -0.4 is 5.56 Å². The fraction of sp³-hybridized carbons (Fsp3) is 0.458. The second kappa shape index (κ2) is 8.67. The molecule has 1 aromatic rings. The van der Waals surface area contributed by atoms with Gasteiger partial charge in [-0.25, -0.2) is 0 Å². The molecule has 162 valence electrons. The number of benzene rings is 1. The fourth-order valence-electron chi connectivity index (χ4n) is 4.63. The van der Waals surface area contributed by atoms with Gasteiger partial charge in [0, 0.05) is 38.6 Å². The SMILES string of the molecule is O=C(c1cn(C[C@@H]2CCCO2)cc2c(=O)n(-c3ccccc3)nc1-2)N1CCCCCC1. The topological polar surface area (TPSA) is 69.4 Å². The van der Waals surface area contributed by atoms with E-state index in [1.54, 1.807) is 0 Å². The van der Waals surface area contributed by atoms with Gasteiger partial charge in [-0.1, -0.05) is 31.0 Å². The predicted molar refractivity (Wildman–Crippen MR) is 118 cm³/mol. The number of pyridine rings is 1. The van der Waals surface area contributed by atoms with Crippen LogP contribution in [0.4, 0.5) is 0 Å². The van der Waals surface area contributed by atoms with Crippen LogP contribution in [0.5, 0.6) is 0 Å². The van der Waals surface area contributed by atoms with Gasteiger partial charge in [0.15, 0.2) is 0 Å². The van der Waals surface area contributed by atoms with Gasteiger partial charge in [0.2, 0.25) is 0 Å². The van der Waals surface area contributed by atoms with Crippen LogP contribution in [0, 0.1) is 0 Å². The van der Waals surface area contributed by atoms with Gasteiger partial charge in [-0.15, -0.1) is 0 Å². The molecule has 0 aromatic heterocycles. The highest BCUT2D eigenvalue weighted by atomic mass is 16.5. The number of aromatic nitrogens is 3. The Morgan fingerprint density at radius 3 is 2.52 bits per heavy atom. The highest BCUT2D eigenvalue weighted by Crippen LogP contribution is 2.26. The van der Waals surface area contributed by atoms with Crippen LogP contribution in [0.15, 0.2) is 47.5 Å². The first-order chi connectivity index (χ1) is 15.2. The lowest BCUT2D eigenvalue weighted by atomic mass is 10.1. The molecule has 0 radical (unpaired) electrons. The van der Waals surface area contributed by atoms with E-state index in [9.17, 15) is 9.59 Å². The first-order valence-corrected chi connectivity index (χ1v) is 11.3. The van der Waals surface area contributed by atoms with Crippen molar-refractivity contribution in [3.05, 3.63) is 58.6 Å². The summed E-state index contributed by atoms with van der Waals surface area (Å²) >= 11 is 0. The van der Waals surface area contributed by atoms with Crippen LogP contribution in [0.25, 0.3) is 16.9 Å². The summed E-state index contributed by atoms with van der Waals surface area (Å²) in [5.74, 6) is -0.0358. The molecule has 0 aliphatic carbocycles. The Hall–Kier alpha value is -2.93. The Balaban J connectivity index is 1.60. The average molecular weight is 421 g/mol. The van der Waals surface area contributed by atoms with Crippen LogP contribution >= 0.6 is 0 Å². The molecule has 7 nitrogen and oxygen atoms in total. The van der Waals surface area contributed by atoms with Crippen molar-refractivity contribution in [1.82, 2.24) is 19.2 Å². The minimum absolute atomic E-state index is 0.0358. The lowest BCUT2D eigenvalue weighted by Crippen LogP contribution is -2.33. The Kier molecular flexibility index (Phi) is 5.59. The molecule has 0 unspecified atom stereocenters. The highest BCUT2D eigenvalue weighted by molar-refractivity contribution is 6.00. The summed E-state index contributed by atoms with van der Waals surface area (Å²) in [6.45, 7) is 2.91. The van der Waals surface area contributed by atoms with Crippen molar-refractivity contribution in [2.45, 2.75) is 51.2 Å². The molecule has 4 aliphatic heterocycles. The first-order valence-electron chi connectivity index (χ1n) is 11.3. The summed E-state index contributed by atoms with van der Waals surface area (Å²) < 4.78 is 9.14. The van der Waals surface area contributed by atoms with Crippen LogP contribution in [-0.4, -0.2) is 51.0 Å². The minimum atomic E-state index is -0.201. The highest BCUT2D eigenvalue weighted by Gasteiger charge is 2.28. The maximum absolute atomic E-state index is 13.5. The molecule has 4 heterocycles. The number of carbonyl (C=O) groups is 1. The zero-order valence-corrected chi connectivity index (χ0v) is 17.7. The van der Waals surface area contributed by atoms with Crippen LogP contribution in [0.1, 0.15) is 48.9 Å². The van der Waals surface area contributed by atoms with E-state index >= 15 is 0 Å². The number of nitrogens with zero attached hydrogens (tertiary/aromatic N) is 4. The molecule has 1 atom stereocenters. The first kappa shape index (κ1) is 20.0. The van der Waals surface area contributed by atoms with Crippen molar-refractivity contribution in [2.75, 3.05) is 19.7 Å². The molecule has 1 aromatic carbocycles. The van der Waals surface area contributed by atoms with E-state index in [4.69, 9.17) is 4.74 Å². The second-order valence-corrected chi connectivity index (χ2v) is 8.52. The Morgan fingerprint density at radius 2 is 1.81 bits per heavy atom. The Morgan fingerprint density at radius 1 is 1.03 bits per heavy atom. The number of hydrogen-bond acceptors (Lipinski definition) is 4. The van der Waals surface area contributed by atoms with Crippen LogP contribution in [0.3, 0.4) is 0 Å². The third-order valence-corrected chi connectivity index (χ3v) is 6.29. The van der Waals surface area contributed by atoms with Gasteiger partial charge in [-0.2, -0.15) is 9.78 Å². The van der Waals surface area contributed by atoms with E-state index in [0.717, 1.165) is 58.2 Å². The van der Waals surface area contributed by atoms with E-state index in [1.165, 1.54) is 4.68 Å². The summed E-state index contributed by atoms with van der Waals surface area (Å²) in [7, 11) is 0. The van der Waals surface area contributed by atoms with Crippen molar-refractivity contribution in [3.8, 4) is 16.9 Å². The average Bonchev–Trinajstić information content (AvgIpc) is 3.32. The summed E-state index contributed by atoms with van der Waals surface area (Å²) in [6, 6.07) is 9.36. The summed E-state index contributed by atoms with van der Waals surface area (Å²) in [5, 5.41) is 4.61. The molecule has 5 rings (SSSR count). The van der Waals surface area contributed by atoms with Crippen molar-refractivity contribution < 1.29 is 9.53 Å². The standard InChI is InChI=1S/C24H28N4O3/c29-23(27-12-6-1-2-7-13-27)20-16-26(15-19-11-8-14-31-19)17-21-22(20)25-28(24(21)30)18-9-4-3-5-10-18/h3-5,9-10,16-17,19H,1-2,6-8,11-15H2/t19-/m0/s1.